The van der Waals surface area contributed by atoms with E-state index in [0.29, 0.717) is 5.92 Å². The molecule has 0 bridgehead atoms. The fourth-order valence-electron chi connectivity index (χ4n) is 4.27. The molecule has 1 aliphatic heterocycles. The first kappa shape index (κ1) is 21.3. The average molecular weight is 413 g/mol. The van der Waals surface area contributed by atoms with E-state index in [2.05, 4.69) is 83.0 Å². The molecule has 1 N–H and O–H groups in total. The summed E-state index contributed by atoms with van der Waals surface area (Å²) in [6, 6.07) is 27.9. The Morgan fingerprint density at radius 3 is 2.26 bits per heavy atom. The van der Waals surface area contributed by atoms with Gasteiger partial charge in [-0.1, -0.05) is 80.6 Å². The third-order valence-electron chi connectivity index (χ3n) is 6.20. The van der Waals surface area contributed by atoms with Crippen molar-refractivity contribution in [3.8, 4) is 11.1 Å². The van der Waals surface area contributed by atoms with Crippen LogP contribution in [-0.4, -0.2) is 23.9 Å². The fourth-order valence-corrected chi connectivity index (χ4v) is 4.27. The lowest BCUT2D eigenvalue weighted by Gasteiger charge is -2.32. The minimum atomic E-state index is -0.00588. The zero-order valence-electron chi connectivity index (χ0n) is 18.6. The van der Waals surface area contributed by atoms with Crippen LogP contribution in [0, 0.1) is 5.92 Å². The molecule has 0 unspecified atom stereocenters. The summed E-state index contributed by atoms with van der Waals surface area (Å²) < 4.78 is 0. The molecule has 1 aliphatic rings. The number of piperidine rings is 1. The molecular weight excluding hydrogens is 380 g/mol. The van der Waals surface area contributed by atoms with Crippen LogP contribution in [0.5, 0.6) is 0 Å². The molecule has 0 atom stereocenters. The Morgan fingerprint density at radius 2 is 1.58 bits per heavy atom. The molecule has 160 valence electrons. The Bertz CT molecular complexity index is 987. The van der Waals surface area contributed by atoms with Gasteiger partial charge in [-0.05, 0) is 66.2 Å². The number of carbonyl (C=O) groups excluding carboxylic acids is 1. The molecule has 1 saturated heterocycles. The van der Waals surface area contributed by atoms with Gasteiger partial charge < -0.3 is 5.32 Å². The van der Waals surface area contributed by atoms with Crippen LogP contribution in [0.2, 0.25) is 0 Å². The zero-order valence-corrected chi connectivity index (χ0v) is 18.6. The lowest BCUT2D eigenvalue weighted by atomic mass is 9.89. The normalized spacial score (nSPS) is 15.2. The van der Waals surface area contributed by atoms with Gasteiger partial charge in [0.15, 0.2) is 0 Å². The molecule has 3 heteroatoms. The minimum Gasteiger partial charge on any atom is -0.326 e. The number of anilines is 1. The van der Waals surface area contributed by atoms with Crippen LogP contribution in [0.1, 0.15) is 43.7 Å². The lowest BCUT2D eigenvalue weighted by molar-refractivity contribution is -0.118. The van der Waals surface area contributed by atoms with Crippen molar-refractivity contribution in [2.45, 2.75) is 39.2 Å². The highest BCUT2D eigenvalue weighted by atomic mass is 16.1. The standard InChI is InChI=1S/C28H32N2O/c1-21(2)28(31)29-27-10-6-9-26(19-27)25-15-17-30(18-16-25)20-22-11-13-24(14-12-22)23-7-4-3-5-8-23/h3-14,19,21,25H,15-18,20H2,1-2H3,(H,29,31). The first-order valence-electron chi connectivity index (χ1n) is 11.4. The molecular formula is C28H32N2O. The Labute approximate surface area is 186 Å². The maximum atomic E-state index is 12.0. The second-order valence-electron chi connectivity index (χ2n) is 8.88. The SMILES string of the molecule is CC(C)C(=O)Nc1cccc(C2CCN(Cc3ccc(-c4ccccc4)cc3)CC2)c1. The largest absolute Gasteiger partial charge is 0.326 e. The van der Waals surface area contributed by atoms with E-state index in [-0.39, 0.29) is 11.8 Å². The fraction of sp³-hybridized carbons (Fsp3) is 0.321. The highest BCUT2D eigenvalue weighted by Gasteiger charge is 2.21. The summed E-state index contributed by atoms with van der Waals surface area (Å²) in [5, 5.41) is 3.03. The van der Waals surface area contributed by atoms with E-state index in [9.17, 15) is 4.79 Å². The number of nitrogens with one attached hydrogen (secondary N) is 1. The number of benzene rings is 3. The number of rotatable bonds is 6. The quantitative estimate of drug-likeness (QED) is 0.513. The molecule has 3 aromatic carbocycles. The van der Waals surface area contributed by atoms with Gasteiger partial charge in [-0.3, -0.25) is 9.69 Å². The molecule has 0 aliphatic carbocycles. The molecule has 0 radical (unpaired) electrons. The van der Waals surface area contributed by atoms with Crippen LogP contribution in [0.3, 0.4) is 0 Å². The molecule has 1 fully saturated rings. The third kappa shape index (κ3) is 5.62. The van der Waals surface area contributed by atoms with Crippen molar-refractivity contribution in [1.29, 1.82) is 0 Å². The van der Waals surface area contributed by atoms with Crippen LogP contribution in [0.4, 0.5) is 5.69 Å². The van der Waals surface area contributed by atoms with E-state index in [1.54, 1.807) is 0 Å². The average Bonchev–Trinajstić information content (AvgIpc) is 2.81. The van der Waals surface area contributed by atoms with E-state index in [1.165, 1.54) is 22.3 Å². The third-order valence-corrected chi connectivity index (χ3v) is 6.20. The molecule has 0 saturated carbocycles. The van der Waals surface area contributed by atoms with Crippen LogP contribution >= 0.6 is 0 Å². The maximum absolute atomic E-state index is 12.0. The summed E-state index contributed by atoms with van der Waals surface area (Å²) in [6.45, 7) is 7.06. The van der Waals surface area contributed by atoms with Gasteiger partial charge in [0, 0.05) is 18.2 Å². The summed E-state index contributed by atoms with van der Waals surface area (Å²) >= 11 is 0. The van der Waals surface area contributed by atoms with Crippen LogP contribution < -0.4 is 5.32 Å². The summed E-state index contributed by atoms with van der Waals surface area (Å²) in [6.07, 6.45) is 2.31. The van der Waals surface area contributed by atoms with Gasteiger partial charge in [-0.25, -0.2) is 0 Å². The minimum absolute atomic E-state index is 0.00588. The predicted octanol–water partition coefficient (Wildman–Crippen LogP) is 6.33. The van der Waals surface area contributed by atoms with Gasteiger partial charge in [0.2, 0.25) is 5.91 Å². The second-order valence-corrected chi connectivity index (χ2v) is 8.88. The number of hydrogen-bond donors (Lipinski definition) is 1. The summed E-state index contributed by atoms with van der Waals surface area (Å²) in [5.41, 5.74) is 6.16. The molecule has 1 heterocycles. The van der Waals surface area contributed by atoms with Crippen molar-refractivity contribution in [1.82, 2.24) is 4.90 Å². The second kappa shape index (κ2) is 9.93. The molecule has 0 aromatic heterocycles. The summed E-state index contributed by atoms with van der Waals surface area (Å²) in [7, 11) is 0. The van der Waals surface area contributed by atoms with E-state index in [1.807, 2.05) is 19.9 Å². The van der Waals surface area contributed by atoms with Crippen LogP contribution in [0.15, 0.2) is 78.9 Å². The van der Waals surface area contributed by atoms with Crippen molar-refractivity contribution in [2.75, 3.05) is 18.4 Å². The molecule has 3 aromatic rings. The van der Waals surface area contributed by atoms with E-state index in [4.69, 9.17) is 0 Å². The summed E-state index contributed by atoms with van der Waals surface area (Å²) in [4.78, 5) is 14.6. The van der Waals surface area contributed by atoms with Crippen molar-refractivity contribution in [3.63, 3.8) is 0 Å². The Balaban J connectivity index is 1.31. The molecule has 31 heavy (non-hydrogen) atoms. The van der Waals surface area contributed by atoms with Crippen molar-refractivity contribution < 1.29 is 4.79 Å². The van der Waals surface area contributed by atoms with Gasteiger partial charge in [0.25, 0.3) is 0 Å². The van der Waals surface area contributed by atoms with E-state index < -0.39 is 0 Å². The zero-order chi connectivity index (χ0) is 21.6. The Morgan fingerprint density at radius 1 is 0.903 bits per heavy atom. The number of carbonyl (C=O) groups is 1. The summed E-state index contributed by atoms with van der Waals surface area (Å²) in [5.74, 6) is 0.631. The number of hydrogen-bond acceptors (Lipinski definition) is 2. The maximum Gasteiger partial charge on any atom is 0.226 e. The molecule has 4 rings (SSSR count). The van der Waals surface area contributed by atoms with Crippen molar-refractivity contribution in [3.05, 3.63) is 90.0 Å². The monoisotopic (exact) mass is 412 g/mol. The predicted molar refractivity (Wildman–Crippen MR) is 129 cm³/mol. The topological polar surface area (TPSA) is 32.3 Å². The van der Waals surface area contributed by atoms with Gasteiger partial charge >= 0.3 is 0 Å². The van der Waals surface area contributed by atoms with Gasteiger partial charge in [0.05, 0.1) is 0 Å². The van der Waals surface area contributed by atoms with E-state index in [0.717, 1.165) is 38.2 Å². The number of nitrogens with zero attached hydrogens (tertiary/aromatic N) is 1. The molecule has 1 amide bonds. The van der Waals surface area contributed by atoms with Crippen LogP contribution in [-0.2, 0) is 11.3 Å². The van der Waals surface area contributed by atoms with Crippen molar-refractivity contribution in [2.24, 2.45) is 5.92 Å². The van der Waals surface area contributed by atoms with Gasteiger partial charge in [-0.2, -0.15) is 0 Å². The van der Waals surface area contributed by atoms with E-state index >= 15 is 0 Å². The molecule has 0 spiro atoms. The smallest absolute Gasteiger partial charge is 0.226 e. The number of likely N-dealkylation sites (tertiary alicyclic amines) is 1. The number of amides is 1. The highest BCUT2D eigenvalue weighted by Crippen LogP contribution is 2.30. The van der Waals surface area contributed by atoms with Crippen molar-refractivity contribution >= 4 is 11.6 Å². The highest BCUT2D eigenvalue weighted by molar-refractivity contribution is 5.92. The first-order valence-corrected chi connectivity index (χ1v) is 11.4. The van der Waals surface area contributed by atoms with Gasteiger partial charge in [-0.15, -0.1) is 0 Å². The first-order chi connectivity index (χ1) is 15.1. The lowest BCUT2D eigenvalue weighted by Crippen LogP contribution is -2.32. The Kier molecular flexibility index (Phi) is 6.83. The molecule has 3 nitrogen and oxygen atoms in total. The van der Waals surface area contributed by atoms with Crippen LogP contribution in [0.25, 0.3) is 11.1 Å². The Hall–Kier alpha value is -2.91. The van der Waals surface area contributed by atoms with Gasteiger partial charge in [0.1, 0.15) is 0 Å².